The lowest BCUT2D eigenvalue weighted by Gasteiger charge is -2.00. The largest absolute Gasteiger partial charge is 0.497 e. The van der Waals surface area contributed by atoms with E-state index in [1.807, 2.05) is 0 Å². The maximum atomic E-state index is 10.8. The Morgan fingerprint density at radius 1 is 1.58 bits per heavy atom. The van der Waals surface area contributed by atoms with E-state index in [9.17, 15) is 4.79 Å². The highest BCUT2D eigenvalue weighted by molar-refractivity contribution is 5.71. The lowest BCUT2D eigenvalue weighted by molar-refractivity contribution is -0.142. The fraction of sp³-hybridized carbons (Fsp3) is 0.444. The zero-order valence-electron chi connectivity index (χ0n) is 7.50. The summed E-state index contributed by atoms with van der Waals surface area (Å²) in [7, 11) is 1.53. The molecule has 0 radical (unpaired) electrons. The number of hydrogen-bond donors (Lipinski definition) is 0. The van der Waals surface area contributed by atoms with Gasteiger partial charge in [0.25, 0.3) is 0 Å². The van der Waals surface area contributed by atoms with Gasteiger partial charge in [0.1, 0.15) is 5.76 Å². The number of rotatable bonds is 5. The maximum Gasteiger partial charge on any atom is 0.309 e. The average molecular weight is 170 g/mol. The molecule has 0 unspecified atom stereocenters. The van der Waals surface area contributed by atoms with Crippen LogP contribution in [0, 0.1) is 0 Å². The van der Waals surface area contributed by atoms with Crippen LogP contribution in [0.4, 0.5) is 0 Å². The second-order valence-electron chi connectivity index (χ2n) is 2.02. The molecule has 0 amide bonds. The molecule has 0 atom stereocenters. The lowest BCUT2D eigenvalue weighted by Crippen LogP contribution is -2.02. The molecule has 0 aromatic carbocycles. The van der Waals surface area contributed by atoms with Crippen molar-refractivity contribution in [3.05, 3.63) is 24.5 Å². The number of allylic oxidation sites excluding steroid dienone is 1. The van der Waals surface area contributed by atoms with E-state index in [-0.39, 0.29) is 12.4 Å². The number of carbonyl (C=O) groups excluding carboxylic acids is 1. The van der Waals surface area contributed by atoms with Crippen molar-refractivity contribution in [2.24, 2.45) is 0 Å². The Morgan fingerprint density at radius 2 is 2.25 bits per heavy atom. The SMILES string of the molecule is C=C/C(=C\CC(=O)OCC)OC. The van der Waals surface area contributed by atoms with Crippen LogP contribution < -0.4 is 0 Å². The fourth-order valence-electron chi connectivity index (χ4n) is 0.654. The molecule has 0 rings (SSSR count). The summed E-state index contributed by atoms with van der Waals surface area (Å²) in [5.41, 5.74) is 0. The van der Waals surface area contributed by atoms with Crippen LogP contribution in [-0.2, 0) is 14.3 Å². The molecule has 0 aromatic rings. The molecule has 0 aliphatic rings. The van der Waals surface area contributed by atoms with Gasteiger partial charge in [0.2, 0.25) is 0 Å². The number of ether oxygens (including phenoxy) is 2. The van der Waals surface area contributed by atoms with E-state index >= 15 is 0 Å². The van der Waals surface area contributed by atoms with Crippen LogP contribution in [0.25, 0.3) is 0 Å². The predicted molar refractivity (Wildman–Crippen MR) is 46.5 cm³/mol. The van der Waals surface area contributed by atoms with Gasteiger partial charge >= 0.3 is 5.97 Å². The number of carbonyl (C=O) groups is 1. The van der Waals surface area contributed by atoms with Crippen molar-refractivity contribution in [1.29, 1.82) is 0 Å². The van der Waals surface area contributed by atoms with Crippen LogP contribution in [0.3, 0.4) is 0 Å². The summed E-state index contributed by atoms with van der Waals surface area (Å²) >= 11 is 0. The molecule has 0 aromatic heterocycles. The van der Waals surface area contributed by atoms with Gasteiger partial charge in [-0.05, 0) is 19.1 Å². The molecule has 3 heteroatoms. The zero-order valence-corrected chi connectivity index (χ0v) is 7.50. The standard InChI is InChI=1S/C9H14O3/c1-4-8(11-3)6-7-9(10)12-5-2/h4,6H,1,5,7H2,2-3H3/b8-6+. The third-order valence-corrected chi connectivity index (χ3v) is 1.21. The number of methoxy groups -OCH3 is 1. The highest BCUT2D eigenvalue weighted by atomic mass is 16.5. The van der Waals surface area contributed by atoms with E-state index in [4.69, 9.17) is 9.47 Å². The monoisotopic (exact) mass is 170 g/mol. The normalized spacial score (nSPS) is 10.7. The molecule has 0 N–H and O–H groups in total. The molecule has 0 spiro atoms. The smallest absolute Gasteiger partial charge is 0.309 e. The topological polar surface area (TPSA) is 35.5 Å². The minimum atomic E-state index is -0.256. The van der Waals surface area contributed by atoms with E-state index in [1.165, 1.54) is 7.11 Å². The van der Waals surface area contributed by atoms with Crippen LogP contribution in [0.15, 0.2) is 24.5 Å². The van der Waals surface area contributed by atoms with Gasteiger partial charge in [0, 0.05) is 0 Å². The summed E-state index contributed by atoms with van der Waals surface area (Å²) in [5, 5.41) is 0. The quantitative estimate of drug-likeness (QED) is 0.357. The van der Waals surface area contributed by atoms with E-state index in [2.05, 4.69) is 6.58 Å². The predicted octanol–water partition coefficient (Wildman–Crippen LogP) is 1.66. The average Bonchev–Trinajstić information content (AvgIpc) is 2.07. The Kier molecular flexibility index (Phi) is 5.79. The number of hydrogen-bond acceptors (Lipinski definition) is 3. The minimum absolute atomic E-state index is 0.225. The molecule has 0 aliphatic carbocycles. The first-order chi connectivity index (χ1) is 5.74. The van der Waals surface area contributed by atoms with Crippen LogP contribution in [0.1, 0.15) is 13.3 Å². The third kappa shape index (κ3) is 4.55. The molecule has 0 saturated heterocycles. The van der Waals surface area contributed by atoms with Crippen molar-refractivity contribution in [3.8, 4) is 0 Å². The second kappa shape index (κ2) is 6.46. The van der Waals surface area contributed by atoms with Crippen molar-refractivity contribution in [3.63, 3.8) is 0 Å². The van der Waals surface area contributed by atoms with E-state index in [0.717, 1.165) is 0 Å². The van der Waals surface area contributed by atoms with Crippen molar-refractivity contribution < 1.29 is 14.3 Å². The molecule has 68 valence electrons. The van der Waals surface area contributed by atoms with Crippen LogP contribution in [-0.4, -0.2) is 19.7 Å². The van der Waals surface area contributed by atoms with E-state index in [1.54, 1.807) is 19.1 Å². The Morgan fingerprint density at radius 3 is 2.67 bits per heavy atom. The molecular weight excluding hydrogens is 156 g/mol. The maximum absolute atomic E-state index is 10.8. The molecule has 0 fully saturated rings. The summed E-state index contributed by atoms with van der Waals surface area (Å²) in [5.74, 6) is 0.331. The van der Waals surface area contributed by atoms with Crippen molar-refractivity contribution in [1.82, 2.24) is 0 Å². The highest BCUT2D eigenvalue weighted by Crippen LogP contribution is 1.99. The first kappa shape index (κ1) is 10.8. The van der Waals surface area contributed by atoms with E-state index in [0.29, 0.717) is 12.4 Å². The van der Waals surface area contributed by atoms with Gasteiger partial charge in [0.05, 0.1) is 20.1 Å². The first-order valence-corrected chi connectivity index (χ1v) is 3.76. The lowest BCUT2D eigenvalue weighted by atomic mass is 10.3. The van der Waals surface area contributed by atoms with Crippen molar-refractivity contribution in [2.75, 3.05) is 13.7 Å². The molecule has 0 aliphatic heterocycles. The Balaban J connectivity index is 3.84. The summed E-state index contributed by atoms with van der Waals surface area (Å²) in [6, 6.07) is 0. The number of esters is 1. The van der Waals surface area contributed by atoms with Gasteiger partial charge in [-0.1, -0.05) is 6.58 Å². The van der Waals surface area contributed by atoms with Gasteiger partial charge in [-0.25, -0.2) is 0 Å². The summed E-state index contributed by atoms with van der Waals surface area (Å²) in [6.07, 6.45) is 3.40. The van der Waals surface area contributed by atoms with Gasteiger partial charge in [-0.3, -0.25) is 4.79 Å². The van der Waals surface area contributed by atoms with Crippen LogP contribution in [0.5, 0.6) is 0 Å². The van der Waals surface area contributed by atoms with Crippen LogP contribution in [0.2, 0.25) is 0 Å². The molecule has 0 heterocycles. The molecule has 0 bridgehead atoms. The molecule has 3 nitrogen and oxygen atoms in total. The third-order valence-electron chi connectivity index (χ3n) is 1.21. The van der Waals surface area contributed by atoms with Crippen molar-refractivity contribution in [2.45, 2.75) is 13.3 Å². The summed E-state index contributed by atoms with van der Waals surface area (Å²) in [4.78, 5) is 10.8. The van der Waals surface area contributed by atoms with Gasteiger partial charge < -0.3 is 9.47 Å². The first-order valence-electron chi connectivity index (χ1n) is 3.76. The van der Waals surface area contributed by atoms with Gasteiger partial charge in [0.15, 0.2) is 0 Å². The second-order valence-corrected chi connectivity index (χ2v) is 2.02. The highest BCUT2D eigenvalue weighted by Gasteiger charge is 1.98. The fourth-order valence-corrected chi connectivity index (χ4v) is 0.654. The summed E-state index contributed by atoms with van der Waals surface area (Å²) < 4.78 is 9.57. The van der Waals surface area contributed by atoms with Gasteiger partial charge in [-0.15, -0.1) is 0 Å². The summed E-state index contributed by atoms with van der Waals surface area (Å²) in [6.45, 7) is 5.69. The molecule has 0 saturated carbocycles. The van der Waals surface area contributed by atoms with Crippen LogP contribution >= 0.6 is 0 Å². The molecule has 12 heavy (non-hydrogen) atoms. The zero-order chi connectivity index (χ0) is 9.40. The van der Waals surface area contributed by atoms with Crippen molar-refractivity contribution >= 4 is 5.97 Å². The Hall–Kier alpha value is -1.25. The van der Waals surface area contributed by atoms with E-state index < -0.39 is 0 Å². The molecular formula is C9H14O3. The Labute approximate surface area is 72.7 Å². The van der Waals surface area contributed by atoms with Gasteiger partial charge in [-0.2, -0.15) is 0 Å². The minimum Gasteiger partial charge on any atom is -0.497 e. The Bertz CT molecular complexity index is 182.